The Labute approximate surface area is 129 Å². The highest BCUT2D eigenvalue weighted by Crippen LogP contribution is 2.27. The van der Waals surface area contributed by atoms with Crippen LogP contribution in [0, 0.1) is 0 Å². The molecule has 0 aromatic heterocycles. The second kappa shape index (κ2) is 6.31. The molecule has 0 aliphatic heterocycles. The minimum atomic E-state index is -0.395. The molecule has 0 radical (unpaired) electrons. The third kappa shape index (κ3) is 2.93. The number of rotatable bonds is 4. The van der Waals surface area contributed by atoms with Crippen molar-refractivity contribution in [2.24, 2.45) is 0 Å². The number of benzene rings is 3. The van der Waals surface area contributed by atoms with Crippen LogP contribution in [0.25, 0.3) is 10.8 Å². The first-order valence-electron chi connectivity index (χ1n) is 7.06. The normalized spacial score (nSPS) is 10.4. The van der Waals surface area contributed by atoms with Gasteiger partial charge < -0.3 is 9.47 Å². The smallest absolute Gasteiger partial charge is 0.341 e. The summed E-state index contributed by atoms with van der Waals surface area (Å²) in [6, 6.07) is 21.4. The lowest BCUT2D eigenvalue weighted by Crippen LogP contribution is -2.06. The van der Waals surface area contributed by atoms with Crippen molar-refractivity contribution in [3.05, 3.63) is 77.9 Å². The van der Waals surface area contributed by atoms with Gasteiger partial charge in [0.25, 0.3) is 0 Å². The molecule has 0 spiro atoms. The monoisotopic (exact) mass is 292 g/mol. The predicted molar refractivity (Wildman–Crippen MR) is 86.1 cm³/mol. The van der Waals surface area contributed by atoms with Gasteiger partial charge in [0.2, 0.25) is 0 Å². The van der Waals surface area contributed by atoms with Gasteiger partial charge in [0.15, 0.2) is 0 Å². The Morgan fingerprint density at radius 3 is 2.23 bits per heavy atom. The molecule has 0 fully saturated rings. The summed E-state index contributed by atoms with van der Waals surface area (Å²) in [5.74, 6) is 0.142. The molecular formula is C19H16O3. The molecule has 3 aromatic carbocycles. The lowest BCUT2D eigenvalue weighted by molar-refractivity contribution is 0.0596. The minimum Gasteiger partial charge on any atom is -0.488 e. The van der Waals surface area contributed by atoms with Gasteiger partial charge in [0, 0.05) is 0 Å². The molecule has 0 N–H and O–H groups in total. The van der Waals surface area contributed by atoms with Crippen molar-refractivity contribution >= 4 is 16.7 Å². The molecule has 3 heteroatoms. The summed E-state index contributed by atoms with van der Waals surface area (Å²) in [6.07, 6.45) is 0. The Morgan fingerprint density at radius 1 is 0.909 bits per heavy atom. The van der Waals surface area contributed by atoms with Crippen LogP contribution < -0.4 is 4.74 Å². The minimum absolute atomic E-state index is 0.395. The van der Waals surface area contributed by atoms with Crippen LogP contribution in [0.1, 0.15) is 15.9 Å². The standard InChI is InChI=1S/C19H16O3/c1-21-19(20)17-11-15-9-5-6-10-16(15)12-18(17)22-13-14-7-3-2-4-8-14/h2-12H,13H2,1H3. The molecular weight excluding hydrogens is 276 g/mol. The molecule has 3 rings (SSSR count). The summed E-state index contributed by atoms with van der Waals surface area (Å²) in [6.45, 7) is 0.406. The summed E-state index contributed by atoms with van der Waals surface area (Å²) in [5, 5.41) is 2.01. The van der Waals surface area contributed by atoms with E-state index in [0.29, 0.717) is 17.9 Å². The number of methoxy groups -OCH3 is 1. The van der Waals surface area contributed by atoms with E-state index < -0.39 is 5.97 Å². The first-order chi connectivity index (χ1) is 10.8. The van der Waals surface area contributed by atoms with Crippen LogP contribution in [0.3, 0.4) is 0 Å². The fraction of sp³-hybridized carbons (Fsp3) is 0.105. The third-order valence-corrected chi connectivity index (χ3v) is 3.49. The molecule has 110 valence electrons. The first kappa shape index (κ1) is 14.1. The molecule has 0 aliphatic carbocycles. The summed E-state index contributed by atoms with van der Waals surface area (Å²) < 4.78 is 10.7. The Bertz CT molecular complexity index is 794. The zero-order chi connectivity index (χ0) is 15.4. The Balaban J connectivity index is 1.97. The second-order valence-corrected chi connectivity index (χ2v) is 4.96. The maximum Gasteiger partial charge on any atom is 0.341 e. The van der Waals surface area contributed by atoms with Gasteiger partial charge in [-0.15, -0.1) is 0 Å². The largest absolute Gasteiger partial charge is 0.488 e. The predicted octanol–water partition coefficient (Wildman–Crippen LogP) is 4.21. The van der Waals surface area contributed by atoms with Crippen LogP contribution in [0.15, 0.2) is 66.7 Å². The van der Waals surface area contributed by atoms with Crippen molar-refractivity contribution in [2.75, 3.05) is 7.11 Å². The van der Waals surface area contributed by atoms with Crippen LogP contribution in [0.4, 0.5) is 0 Å². The molecule has 0 saturated carbocycles. The van der Waals surface area contributed by atoms with Crippen molar-refractivity contribution < 1.29 is 14.3 Å². The summed E-state index contributed by atoms with van der Waals surface area (Å²) in [4.78, 5) is 12.0. The third-order valence-electron chi connectivity index (χ3n) is 3.49. The maximum absolute atomic E-state index is 12.0. The van der Waals surface area contributed by atoms with Gasteiger partial charge >= 0.3 is 5.97 Å². The van der Waals surface area contributed by atoms with Crippen LogP contribution in [-0.2, 0) is 11.3 Å². The SMILES string of the molecule is COC(=O)c1cc2ccccc2cc1OCc1ccccc1. The fourth-order valence-corrected chi connectivity index (χ4v) is 2.34. The molecule has 0 saturated heterocycles. The Kier molecular flexibility index (Phi) is 4.05. The number of carbonyl (C=O) groups is 1. The average Bonchev–Trinajstić information content (AvgIpc) is 2.59. The van der Waals surface area contributed by atoms with E-state index in [-0.39, 0.29) is 0 Å². The number of hydrogen-bond acceptors (Lipinski definition) is 3. The highest BCUT2D eigenvalue weighted by Gasteiger charge is 2.14. The lowest BCUT2D eigenvalue weighted by atomic mass is 10.1. The molecule has 0 atom stereocenters. The van der Waals surface area contributed by atoms with E-state index in [1.54, 1.807) is 0 Å². The van der Waals surface area contributed by atoms with Gasteiger partial charge in [-0.3, -0.25) is 0 Å². The zero-order valence-electron chi connectivity index (χ0n) is 12.3. The van der Waals surface area contributed by atoms with Crippen LogP contribution in [-0.4, -0.2) is 13.1 Å². The van der Waals surface area contributed by atoms with Crippen LogP contribution >= 0.6 is 0 Å². The van der Waals surface area contributed by atoms with E-state index in [1.165, 1.54) is 7.11 Å². The van der Waals surface area contributed by atoms with Crippen molar-refractivity contribution in [1.82, 2.24) is 0 Å². The fourth-order valence-electron chi connectivity index (χ4n) is 2.34. The zero-order valence-corrected chi connectivity index (χ0v) is 12.3. The summed E-state index contributed by atoms with van der Waals surface area (Å²) >= 11 is 0. The van der Waals surface area contributed by atoms with E-state index in [4.69, 9.17) is 9.47 Å². The van der Waals surface area contributed by atoms with E-state index in [9.17, 15) is 4.79 Å². The van der Waals surface area contributed by atoms with E-state index in [1.807, 2.05) is 66.7 Å². The quantitative estimate of drug-likeness (QED) is 0.676. The van der Waals surface area contributed by atoms with Gasteiger partial charge in [0.05, 0.1) is 7.11 Å². The van der Waals surface area contributed by atoms with Crippen molar-refractivity contribution in [2.45, 2.75) is 6.61 Å². The van der Waals surface area contributed by atoms with Gasteiger partial charge in [-0.05, 0) is 28.5 Å². The van der Waals surface area contributed by atoms with Gasteiger partial charge in [0.1, 0.15) is 17.9 Å². The van der Waals surface area contributed by atoms with Crippen molar-refractivity contribution in [1.29, 1.82) is 0 Å². The lowest BCUT2D eigenvalue weighted by Gasteiger charge is -2.12. The van der Waals surface area contributed by atoms with Crippen LogP contribution in [0.5, 0.6) is 5.75 Å². The van der Waals surface area contributed by atoms with Gasteiger partial charge in [-0.25, -0.2) is 4.79 Å². The molecule has 3 aromatic rings. The van der Waals surface area contributed by atoms with Gasteiger partial charge in [-0.2, -0.15) is 0 Å². The van der Waals surface area contributed by atoms with E-state index in [0.717, 1.165) is 16.3 Å². The highest BCUT2D eigenvalue weighted by molar-refractivity contribution is 5.98. The Hall–Kier alpha value is -2.81. The van der Waals surface area contributed by atoms with Crippen molar-refractivity contribution in [3.63, 3.8) is 0 Å². The number of fused-ring (bicyclic) bond motifs is 1. The van der Waals surface area contributed by atoms with E-state index >= 15 is 0 Å². The highest BCUT2D eigenvalue weighted by atomic mass is 16.5. The molecule has 3 nitrogen and oxygen atoms in total. The number of hydrogen-bond donors (Lipinski definition) is 0. The Morgan fingerprint density at radius 2 is 1.55 bits per heavy atom. The molecule has 22 heavy (non-hydrogen) atoms. The molecule has 0 heterocycles. The number of ether oxygens (including phenoxy) is 2. The first-order valence-corrected chi connectivity index (χ1v) is 7.06. The maximum atomic E-state index is 12.0. The number of carbonyl (C=O) groups excluding carboxylic acids is 1. The van der Waals surface area contributed by atoms with Crippen LogP contribution in [0.2, 0.25) is 0 Å². The summed E-state index contributed by atoms with van der Waals surface area (Å²) in [5.41, 5.74) is 1.49. The van der Waals surface area contributed by atoms with Gasteiger partial charge in [-0.1, -0.05) is 54.6 Å². The topological polar surface area (TPSA) is 35.5 Å². The number of esters is 1. The van der Waals surface area contributed by atoms with E-state index in [2.05, 4.69) is 0 Å². The molecule has 0 unspecified atom stereocenters. The second-order valence-electron chi connectivity index (χ2n) is 4.96. The summed E-state index contributed by atoms with van der Waals surface area (Å²) in [7, 11) is 1.37. The average molecular weight is 292 g/mol. The molecule has 0 bridgehead atoms. The van der Waals surface area contributed by atoms with Crippen molar-refractivity contribution in [3.8, 4) is 5.75 Å². The molecule has 0 amide bonds. The molecule has 0 aliphatic rings.